The summed E-state index contributed by atoms with van der Waals surface area (Å²) in [6.07, 6.45) is 3.57. The highest BCUT2D eigenvalue weighted by molar-refractivity contribution is 7.89. The maximum Gasteiger partial charge on any atom is 0.257 e. The largest absolute Gasteiger partial charge is 0.351 e. The molecule has 1 aromatic carbocycles. The van der Waals surface area contributed by atoms with Crippen LogP contribution in [0.1, 0.15) is 46.1 Å². The minimum absolute atomic E-state index is 0.0348. The van der Waals surface area contributed by atoms with Crippen molar-refractivity contribution in [3.63, 3.8) is 0 Å². The van der Waals surface area contributed by atoms with Crippen LogP contribution in [0.5, 0.6) is 0 Å². The zero-order valence-corrected chi connectivity index (χ0v) is 15.0. The summed E-state index contributed by atoms with van der Waals surface area (Å²) in [5.74, 6) is 0.382. The van der Waals surface area contributed by atoms with Crippen LogP contribution in [0, 0.1) is 6.92 Å². The number of benzene rings is 1. The van der Waals surface area contributed by atoms with E-state index in [1.807, 2.05) is 20.0 Å². The molecule has 24 heavy (non-hydrogen) atoms. The van der Waals surface area contributed by atoms with E-state index >= 15 is 0 Å². The average Bonchev–Trinajstić information content (AvgIpc) is 3.26. The van der Waals surface area contributed by atoms with Gasteiger partial charge in [0.05, 0.1) is 11.3 Å². The Morgan fingerprint density at radius 2 is 2.00 bits per heavy atom. The first-order chi connectivity index (χ1) is 11.2. The monoisotopic (exact) mass is 346 g/mol. The van der Waals surface area contributed by atoms with Crippen LogP contribution >= 0.6 is 0 Å². The van der Waals surface area contributed by atoms with Gasteiger partial charge in [-0.2, -0.15) is 0 Å². The molecule has 2 aromatic rings. The van der Waals surface area contributed by atoms with Gasteiger partial charge in [0, 0.05) is 30.4 Å². The quantitative estimate of drug-likeness (QED) is 0.905. The third-order valence-electron chi connectivity index (χ3n) is 4.43. The molecule has 6 heteroatoms. The van der Waals surface area contributed by atoms with Crippen LogP contribution in [0.3, 0.4) is 0 Å². The molecule has 1 amide bonds. The van der Waals surface area contributed by atoms with Gasteiger partial charge >= 0.3 is 0 Å². The Kier molecular flexibility index (Phi) is 4.25. The van der Waals surface area contributed by atoms with Gasteiger partial charge < -0.3 is 9.88 Å². The lowest BCUT2D eigenvalue weighted by Crippen LogP contribution is -2.13. The molecule has 128 valence electrons. The third kappa shape index (κ3) is 3.70. The topological polar surface area (TPSA) is 68.2 Å². The molecule has 3 rings (SSSR count). The minimum Gasteiger partial charge on any atom is -0.351 e. The van der Waals surface area contributed by atoms with Crippen molar-refractivity contribution in [1.82, 2.24) is 4.57 Å². The first-order valence-corrected chi connectivity index (χ1v) is 10.0. The van der Waals surface area contributed by atoms with Crippen LogP contribution in [0.2, 0.25) is 0 Å². The molecule has 0 saturated heterocycles. The lowest BCUT2D eigenvalue weighted by atomic mass is 10.2. The highest BCUT2D eigenvalue weighted by atomic mass is 32.2. The van der Waals surface area contributed by atoms with Crippen molar-refractivity contribution in [3.05, 3.63) is 52.8 Å². The summed E-state index contributed by atoms with van der Waals surface area (Å²) in [4.78, 5) is 12.6. The molecule has 1 heterocycles. The van der Waals surface area contributed by atoms with E-state index in [1.165, 1.54) is 24.8 Å². The van der Waals surface area contributed by atoms with Crippen molar-refractivity contribution in [2.45, 2.75) is 31.4 Å². The van der Waals surface area contributed by atoms with E-state index in [-0.39, 0.29) is 11.7 Å². The smallest absolute Gasteiger partial charge is 0.257 e. The number of carbonyl (C=O) groups is 1. The van der Waals surface area contributed by atoms with E-state index in [4.69, 9.17) is 0 Å². The number of hydrogen-bond acceptors (Lipinski definition) is 3. The molecule has 0 bridgehead atoms. The molecule has 0 radical (unpaired) electrons. The van der Waals surface area contributed by atoms with E-state index in [2.05, 4.69) is 9.88 Å². The van der Waals surface area contributed by atoms with Crippen molar-refractivity contribution in [3.8, 4) is 0 Å². The normalized spacial score (nSPS) is 14.6. The Labute approximate surface area is 142 Å². The van der Waals surface area contributed by atoms with Gasteiger partial charge in [0.25, 0.3) is 5.91 Å². The standard InChI is InChI=1S/C18H22N2O3S/c1-12-16(10-17(20(12)2)14-7-8-14)18(21)19-15-6-4-5-13(9-15)11-24(3,22)23/h4-6,9-10,14H,7-8,11H2,1-3H3,(H,19,21). The SMILES string of the molecule is Cc1c(C(=O)Nc2cccc(CS(C)(=O)=O)c2)cc(C2CC2)n1C. The second-order valence-electron chi connectivity index (χ2n) is 6.63. The summed E-state index contributed by atoms with van der Waals surface area (Å²) in [6.45, 7) is 1.95. The van der Waals surface area contributed by atoms with Crippen LogP contribution in [-0.2, 0) is 22.6 Å². The van der Waals surface area contributed by atoms with Crippen molar-refractivity contribution in [1.29, 1.82) is 0 Å². The number of anilines is 1. The van der Waals surface area contributed by atoms with Gasteiger partial charge in [-0.1, -0.05) is 12.1 Å². The highest BCUT2D eigenvalue weighted by Crippen LogP contribution is 2.41. The van der Waals surface area contributed by atoms with E-state index in [0.717, 1.165) is 5.69 Å². The van der Waals surface area contributed by atoms with E-state index in [0.29, 0.717) is 22.7 Å². The summed E-state index contributed by atoms with van der Waals surface area (Å²) in [6, 6.07) is 8.95. The molecule has 1 aliphatic carbocycles. The Bertz CT molecular complexity index is 893. The predicted octanol–water partition coefficient (Wildman–Crippen LogP) is 3.01. The number of aromatic nitrogens is 1. The summed E-state index contributed by atoms with van der Waals surface area (Å²) < 4.78 is 24.9. The number of rotatable bonds is 5. The average molecular weight is 346 g/mol. The summed E-state index contributed by atoms with van der Waals surface area (Å²) in [5.41, 5.74) is 4.11. The fourth-order valence-corrected chi connectivity index (χ4v) is 3.75. The Morgan fingerprint density at radius 1 is 1.29 bits per heavy atom. The summed E-state index contributed by atoms with van der Waals surface area (Å²) >= 11 is 0. The lowest BCUT2D eigenvalue weighted by molar-refractivity contribution is 0.102. The van der Waals surface area contributed by atoms with Crippen molar-refractivity contribution < 1.29 is 13.2 Å². The molecular weight excluding hydrogens is 324 g/mol. The van der Waals surface area contributed by atoms with Crippen LogP contribution in [0.15, 0.2) is 30.3 Å². The number of nitrogens with one attached hydrogen (secondary N) is 1. The van der Waals surface area contributed by atoms with Crippen LogP contribution < -0.4 is 5.32 Å². The van der Waals surface area contributed by atoms with Gasteiger partial charge in [-0.15, -0.1) is 0 Å². The third-order valence-corrected chi connectivity index (χ3v) is 5.28. The Morgan fingerprint density at radius 3 is 2.62 bits per heavy atom. The number of carbonyl (C=O) groups excluding carboxylic acids is 1. The van der Waals surface area contributed by atoms with E-state index in [1.54, 1.807) is 24.3 Å². The van der Waals surface area contributed by atoms with Gasteiger partial charge in [-0.3, -0.25) is 4.79 Å². The number of nitrogens with zero attached hydrogens (tertiary/aromatic N) is 1. The van der Waals surface area contributed by atoms with Crippen LogP contribution in [-0.4, -0.2) is 25.1 Å². The lowest BCUT2D eigenvalue weighted by Gasteiger charge is -2.07. The van der Waals surface area contributed by atoms with Crippen molar-refractivity contribution >= 4 is 21.4 Å². The van der Waals surface area contributed by atoms with E-state index in [9.17, 15) is 13.2 Å². The summed E-state index contributed by atoms with van der Waals surface area (Å²) in [7, 11) is -1.11. The molecule has 0 aliphatic heterocycles. The molecule has 5 nitrogen and oxygen atoms in total. The van der Waals surface area contributed by atoms with Gasteiger partial charge in [-0.05, 0) is 49.4 Å². The molecule has 1 aliphatic rings. The maximum absolute atomic E-state index is 12.6. The number of sulfone groups is 1. The molecule has 0 unspecified atom stereocenters. The Hall–Kier alpha value is -2.08. The van der Waals surface area contributed by atoms with Crippen molar-refractivity contribution in [2.75, 3.05) is 11.6 Å². The zero-order valence-electron chi connectivity index (χ0n) is 14.2. The number of amides is 1. The van der Waals surface area contributed by atoms with Gasteiger partial charge in [-0.25, -0.2) is 8.42 Å². The minimum atomic E-state index is -3.10. The van der Waals surface area contributed by atoms with Gasteiger partial charge in [0.1, 0.15) is 0 Å². The molecule has 0 atom stereocenters. The number of hydrogen-bond donors (Lipinski definition) is 1. The Balaban J connectivity index is 1.80. The second-order valence-corrected chi connectivity index (χ2v) is 8.77. The molecular formula is C18H22N2O3S. The maximum atomic E-state index is 12.6. The highest BCUT2D eigenvalue weighted by Gasteiger charge is 2.28. The molecule has 1 saturated carbocycles. The molecule has 1 N–H and O–H groups in total. The first kappa shape index (κ1) is 16.8. The first-order valence-electron chi connectivity index (χ1n) is 7.99. The molecule has 1 fully saturated rings. The van der Waals surface area contributed by atoms with Crippen LogP contribution in [0.4, 0.5) is 5.69 Å². The molecule has 1 aromatic heterocycles. The summed E-state index contributed by atoms with van der Waals surface area (Å²) in [5, 5.41) is 2.88. The fraction of sp³-hybridized carbons (Fsp3) is 0.389. The predicted molar refractivity (Wildman–Crippen MR) is 95.1 cm³/mol. The van der Waals surface area contributed by atoms with Gasteiger partial charge in [0.2, 0.25) is 0 Å². The van der Waals surface area contributed by atoms with E-state index < -0.39 is 9.84 Å². The van der Waals surface area contributed by atoms with Crippen molar-refractivity contribution in [2.24, 2.45) is 7.05 Å². The fourth-order valence-electron chi connectivity index (χ4n) is 2.96. The molecule has 0 spiro atoms. The zero-order chi connectivity index (χ0) is 17.5. The van der Waals surface area contributed by atoms with Gasteiger partial charge in [0.15, 0.2) is 9.84 Å². The second kappa shape index (κ2) is 6.09. The van der Waals surface area contributed by atoms with Crippen LogP contribution in [0.25, 0.3) is 0 Å².